The Bertz CT molecular complexity index is 1150. The van der Waals surface area contributed by atoms with Gasteiger partial charge in [0.05, 0.1) is 17.6 Å². The van der Waals surface area contributed by atoms with Crippen molar-refractivity contribution in [2.45, 2.75) is 19.8 Å². The molecular weight excluding hydrogens is 438 g/mol. The number of non-ortho nitro benzene ring substituents is 1. The maximum atomic E-state index is 13.0. The van der Waals surface area contributed by atoms with Gasteiger partial charge in [-0.3, -0.25) is 19.8 Å². The first kappa shape index (κ1) is 23.4. The van der Waals surface area contributed by atoms with Crippen molar-refractivity contribution in [3.05, 3.63) is 69.6 Å². The molecule has 178 valence electrons. The number of methoxy groups -OCH3 is 1. The number of amides is 1. The van der Waals surface area contributed by atoms with Crippen LogP contribution in [-0.4, -0.2) is 70.6 Å². The van der Waals surface area contributed by atoms with Crippen molar-refractivity contribution in [1.82, 2.24) is 19.9 Å². The van der Waals surface area contributed by atoms with Crippen molar-refractivity contribution >= 4 is 11.6 Å². The van der Waals surface area contributed by atoms with Gasteiger partial charge in [0.15, 0.2) is 0 Å². The van der Waals surface area contributed by atoms with Crippen molar-refractivity contribution in [2.75, 3.05) is 39.8 Å². The maximum Gasteiger partial charge on any atom is 0.270 e. The Morgan fingerprint density at radius 2 is 1.88 bits per heavy atom. The zero-order chi connectivity index (χ0) is 24.1. The number of nitro groups is 1. The topological polar surface area (TPSA) is 115 Å². The van der Waals surface area contributed by atoms with E-state index in [0.717, 1.165) is 31.6 Å². The van der Waals surface area contributed by atoms with Gasteiger partial charge in [0, 0.05) is 50.3 Å². The second-order valence-corrected chi connectivity index (χ2v) is 8.26. The number of carbonyl (C=O) groups is 1. The number of ether oxygens (including phenoxy) is 1. The summed E-state index contributed by atoms with van der Waals surface area (Å²) < 4.78 is 10.6. The number of hydrogen-bond donors (Lipinski definition) is 0. The van der Waals surface area contributed by atoms with E-state index in [4.69, 9.17) is 9.26 Å². The van der Waals surface area contributed by atoms with Crippen LogP contribution >= 0.6 is 0 Å². The molecule has 0 radical (unpaired) electrons. The predicted molar refractivity (Wildman–Crippen MR) is 125 cm³/mol. The van der Waals surface area contributed by atoms with E-state index in [2.05, 4.69) is 15.0 Å². The van der Waals surface area contributed by atoms with Crippen LogP contribution in [0.3, 0.4) is 0 Å². The van der Waals surface area contributed by atoms with Gasteiger partial charge in [-0.15, -0.1) is 0 Å². The standard InChI is InChI=1S/C24H27N5O5/c1-17-5-7-18(8-6-17)23-25-22(34-26-23)4-3-11-27-12-14-28(15-13-27)24(30)20-16-19(29(31)32)9-10-21(20)33-2/h5-10,16H,3-4,11-15H2,1-2H3. The van der Waals surface area contributed by atoms with Crippen LogP contribution < -0.4 is 4.74 Å². The van der Waals surface area contributed by atoms with E-state index < -0.39 is 4.92 Å². The highest BCUT2D eigenvalue weighted by Crippen LogP contribution is 2.26. The molecule has 1 aliphatic rings. The average molecular weight is 466 g/mol. The van der Waals surface area contributed by atoms with Crippen LogP contribution in [0.25, 0.3) is 11.4 Å². The van der Waals surface area contributed by atoms with E-state index in [9.17, 15) is 14.9 Å². The molecule has 1 aliphatic heterocycles. The quantitative estimate of drug-likeness (QED) is 0.367. The fourth-order valence-electron chi connectivity index (χ4n) is 3.95. The Kier molecular flexibility index (Phi) is 7.17. The summed E-state index contributed by atoms with van der Waals surface area (Å²) in [4.78, 5) is 32.0. The smallest absolute Gasteiger partial charge is 0.270 e. The summed E-state index contributed by atoms with van der Waals surface area (Å²) in [5.41, 5.74) is 2.19. The molecule has 0 aliphatic carbocycles. The minimum atomic E-state index is -0.513. The molecule has 34 heavy (non-hydrogen) atoms. The molecule has 10 nitrogen and oxygen atoms in total. The minimum absolute atomic E-state index is 0.130. The Balaban J connectivity index is 1.26. The maximum absolute atomic E-state index is 13.0. The summed E-state index contributed by atoms with van der Waals surface area (Å²) >= 11 is 0. The lowest BCUT2D eigenvalue weighted by atomic mass is 10.1. The number of piperazine rings is 1. The van der Waals surface area contributed by atoms with Crippen LogP contribution in [0.2, 0.25) is 0 Å². The van der Waals surface area contributed by atoms with E-state index in [1.165, 1.54) is 30.9 Å². The molecule has 0 N–H and O–H groups in total. The fourth-order valence-corrected chi connectivity index (χ4v) is 3.95. The molecule has 1 fully saturated rings. The lowest BCUT2D eigenvalue weighted by Gasteiger charge is -2.34. The lowest BCUT2D eigenvalue weighted by Crippen LogP contribution is -2.49. The molecule has 0 spiro atoms. The van der Waals surface area contributed by atoms with Crippen LogP contribution in [0.5, 0.6) is 5.75 Å². The lowest BCUT2D eigenvalue weighted by molar-refractivity contribution is -0.384. The van der Waals surface area contributed by atoms with Gasteiger partial charge in [0.2, 0.25) is 11.7 Å². The van der Waals surface area contributed by atoms with Crippen LogP contribution in [-0.2, 0) is 6.42 Å². The van der Waals surface area contributed by atoms with E-state index in [0.29, 0.717) is 37.0 Å². The molecular formula is C24H27N5O5. The summed E-state index contributed by atoms with van der Waals surface area (Å²) in [7, 11) is 1.45. The largest absolute Gasteiger partial charge is 0.496 e. The molecule has 2 heterocycles. The third-order valence-electron chi connectivity index (χ3n) is 5.93. The van der Waals surface area contributed by atoms with Crippen molar-refractivity contribution in [1.29, 1.82) is 0 Å². The van der Waals surface area contributed by atoms with E-state index in [-0.39, 0.29) is 17.2 Å². The normalized spacial score (nSPS) is 14.2. The van der Waals surface area contributed by atoms with Crippen LogP contribution in [0.4, 0.5) is 5.69 Å². The van der Waals surface area contributed by atoms with E-state index >= 15 is 0 Å². The summed E-state index contributed by atoms with van der Waals surface area (Å²) in [6.45, 7) is 5.42. The van der Waals surface area contributed by atoms with Crippen LogP contribution in [0.1, 0.15) is 28.2 Å². The Labute approximate surface area is 197 Å². The second-order valence-electron chi connectivity index (χ2n) is 8.26. The van der Waals surface area contributed by atoms with Gasteiger partial charge < -0.3 is 14.2 Å². The Morgan fingerprint density at radius 3 is 2.56 bits per heavy atom. The Morgan fingerprint density at radius 1 is 1.15 bits per heavy atom. The number of rotatable bonds is 8. The molecule has 0 unspecified atom stereocenters. The molecule has 10 heteroatoms. The second kappa shape index (κ2) is 10.4. The van der Waals surface area contributed by atoms with Crippen molar-refractivity contribution in [3.8, 4) is 17.1 Å². The molecule has 0 bridgehead atoms. The summed E-state index contributed by atoms with van der Waals surface area (Å²) in [6.07, 6.45) is 1.55. The summed E-state index contributed by atoms with van der Waals surface area (Å²) in [5.74, 6) is 1.29. The Hall–Kier alpha value is -3.79. The highest BCUT2D eigenvalue weighted by Gasteiger charge is 2.26. The number of aryl methyl sites for hydroxylation is 2. The molecule has 1 amide bonds. The first-order chi connectivity index (χ1) is 16.4. The number of nitro benzene ring substituents is 1. The highest BCUT2D eigenvalue weighted by molar-refractivity contribution is 5.97. The molecule has 0 saturated carbocycles. The van der Waals surface area contributed by atoms with Gasteiger partial charge in [-0.2, -0.15) is 4.98 Å². The highest BCUT2D eigenvalue weighted by atomic mass is 16.6. The van der Waals surface area contributed by atoms with E-state index in [1.807, 2.05) is 31.2 Å². The van der Waals surface area contributed by atoms with E-state index in [1.54, 1.807) is 4.90 Å². The number of carbonyl (C=O) groups excluding carboxylic acids is 1. The SMILES string of the molecule is COc1ccc([N+](=O)[O-])cc1C(=O)N1CCN(CCCc2nc(-c3ccc(C)cc3)no2)CC1. The number of benzene rings is 2. The minimum Gasteiger partial charge on any atom is -0.496 e. The van der Waals surface area contributed by atoms with Crippen molar-refractivity contribution in [3.63, 3.8) is 0 Å². The molecule has 4 rings (SSSR count). The number of nitrogens with zero attached hydrogens (tertiary/aromatic N) is 5. The van der Waals surface area contributed by atoms with Gasteiger partial charge >= 0.3 is 0 Å². The third kappa shape index (κ3) is 5.40. The molecule has 3 aromatic rings. The number of aromatic nitrogens is 2. The predicted octanol–water partition coefficient (Wildman–Crippen LogP) is 3.35. The van der Waals surface area contributed by atoms with Gasteiger partial charge in [-0.1, -0.05) is 35.0 Å². The zero-order valence-electron chi connectivity index (χ0n) is 19.3. The van der Waals surface area contributed by atoms with Gasteiger partial charge in [-0.25, -0.2) is 0 Å². The summed E-state index contributed by atoms with van der Waals surface area (Å²) in [5, 5.41) is 15.2. The van der Waals surface area contributed by atoms with Gasteiger partial charge in [0.25, 0.3) is 11.6 Å². The average Bonchev–Trinajstić information content (AvgIpc) is 3.33. The molecule has 1 saturated heterocycles. The van der Waals surface area contributed by atoms with Gasteiger partial charge in [0.1, 0.15) is 5.75 Å². The first-order valence-electron chi connectivity index (χ1n) is 11.2. The van der Waals surface area contributed by atoms with Crippen LogP contribution in [0, 0.1) is 17.0 Å². The fraction of sp³-hybridized carbons (Fsp3) is 0.375. The van der Waals surface area contributed by atoms with Crippen LogP contribution in [0.15, 0.2) is 47.0 Å². The third-order valence-corrected chi connectivity index (χ3v) is 5.93. The van der Waals surface area contributed by atoms with Gasteiger partial charge in [-0.05, 0) is 26.0 Å². The monoisotopic (exact) mass is 465 g/mol. The molecule has 0 atom stereocenters. The van der Waals surface area contributed by atoms with Crippen molar-refractivity contribution in [2.24, 2.45) is 0 Å². The molecule has 2 aromatic carbocycles. The first-order valence-corrected chi connectivity index (χ1v) is 11.2. The zero-order valence-corrected chi connectivity index (χ0v) is 19.3. The van der Waals surface area contributed by atoms with Crippen molar-refractivity contribution < 1.29 is 19.0 Å². The molecule has 1 aromatic heterocycles. The number of hydrogen-bond acceptors (Lipinski definition) is 8. The summed E-state index contributed by atoms with van der Waals surface area (Å²) in [6, 6.07) is 12.1.